The first kappa shape index (κ1) is 15.3. The van der Waals surface area contributed by atoms with Gasteiger partial charge in [-0.1, -0.05) is 32.0 Å². The number of anilines is 3. The molecule has 21 heavy (non-hydrogen) atoms. The van der Waals surface area contributed by atoms with Crippen molar-refractivity contribution in [3.05, 3.63) is 41.7 Å². The van der Waals surface area contributed by atoms with Gasteiger partial charge in [-0.3, -0.25) is 0 Å². The van der Waals surface area contributed by atoms with E-state index in [0.29, 0.717) is 5.92 Å². The number of para-hydroxylation sites is 1. The Bertz CT molecular complexity index is 607. The minimum absolute atomic E-state index is 0.299. The van der Waals surface area contributed by atoms with Gasteiger partial charge in [0.05, 0.1) is 0 Å². The van der Waals surface area contributed by atoms with Gasteiger partial charge >= 0.3 is 0 Å². The average molecular weight is 284 g/mol. The summed E-state index contributed by atoms with van der Waals surface area (Å²) in [6, 6.07) is 10.3. The second-order valence-corrected chi connectivity index (χ2v) is 5.50. The Balaban J connectivity index is 2.44. The van der Waals surface area contributed by atoms with E-state index >= 15 is 0 Å². The molecule has 0 saturated carbocycles. The van der Waals surface area contributed by atoms with Gasteiger partial charge in [0, 0.05) is 31.3 Å². The Morgan fingerprint density at radius 3 is 2.52 bits per heavy atom. The van der Waals surface area contributed by atoms with E-state index in [2.05, 4.69) is 67.2 Å². The smallest absolute Gasteiger partial charge is 0.138 e. The summed E-state index contributed by atoms with van der Waals surface area (Å²) in [5, 5.41) is 3.29. The standard InChI is InChI=1S/C17H24N4/c1-6-18-15-11-16(20-17(19-15)12(2)3)21(5)14-10-8-7-9-13(14)4/h7-12H,6H2,1-5H3,(H,18,19,20). The second kappa shape index (κ2) is 6.57. The van der Waals surface area contributed by atoms with Gasteiger partial charge < -0.3 is 10.2 Å². The molecule has 0 unspecified atom stereocenters. The van der Waals surface area contributed by atoms with Gasteiger partial charge in [0.25, 0.3) is 0 Å². The molecule has 1 aromatic heterocycles. The topological polar surface area (TPSA) is 41.0 Å². The molecule has 112 valence electrons. The van der Waals surface area contributed by atoms with E-state index in [-0.39, 0.29) is 0 Å². The minimum atomic E-state index is 0.299. The van der Waals surface area contributed by atoms with Crippen LogP contribution in [0.5, 0.6) is 0 Å². The molecule has 0 fully saturated rings. The van der Waals surface area contributed by atoms with Crippen LogP contribution in [0.15, 0.2) is 30.3 Å². The first-order valence-electron chi connectivity index (χ1n) is 7.45. The van der Waals surface area contributed by atoms with Crippen LogP contribution >= 0.6 is 0 Å². The SMILES string of the molecule is CCNc1cc(N(C)c2ccccc2C)nc(C(C)C)n1. The number of aromatic nitrogens is 2. The highest BCUT2D eigenvalue weighted by atomic mass is 15.2. The predicted molar refractivity (Wildman–Crippen MR) is 89.5 cm³/mol. The summed E-state index contributed by atoms with van der Waals surface area (Å²) in [6.45, 7) is 9.26. The van der Waals surface area contributed by atoms with Crippen molar-refractivity contribution < 1.29 is 0 Å². The van der Waals surface area contributed by atoms with Crippen LogP contribution in [0.25, 0.3) is 0 Å². The molecule has 0 bridgehead atoms. The van der Waals surface area contributed by atoms with Crippen LogP contribution in [0, 0.1) is 6.92 Å². The first-order valence-corrected chi connectivity index (χ1v) is 7.45. The summed E-state index contributed by atoms with van der Waals surface area (Å²) in [5.41, 5.74) is 2.39. The third kappa shape index (κ3) is 3.51. The van der Waals surface area contributed by atoms with E-state index in [4.69, 9.17) is 4.98 Å². The van der Waals surface area contributed by atoms with E-state index < -0.39 is 0 Å². The van der Waals surface area contributed by atoms with E-state index in [1.165, 1.54) is 5.56 Å². The fourth-order valence-electron chi connectivity index (χ4n) is 2.22. The van der Waals surface area contributed by atoms with E-state index in [1.54, 1.807) is 0 Å². The molecule has 0 saturated heterocycles. The molecule has 4 nitrogen and oxygen atoms in total. The summed E-state index contributed by atoms with van der Waals surface area (Å²) in [7, 11) is 2.05. The molecule has 4 heteroatoms. The van der Waals surface area contributed by atoms with Crippen LogP contribution in [0.2, 0.25) is 0 Å². The molecule has 0 radical (unpaired) electrons. The second-order valence-electron chi connectivity index (χ2n) is 5.50. The van der Waals surface area contributed by atoms with Crippen molar-refractivity contribution in [1.82, 2.24) is 9.97 Å². The van der Waals surface area contributed by atoms with Crippen LogP contribution in [-0.4, -0.2) is 23.6 Å². The molecule has 0 spiro atoms. The number of nitrogens with one attached hydrogen (secondary N) is 1. The Hall–Kier alpha value is -2.10. The van der Waals surface area contributed by atoms with Gasteiger partial charge in [-0.05, 0) is 25.5 Å². The largest absolute Gasteiger partial charge is 0.370 e. The summed E-state index contributed by atoms with van der Waals surface area (Å²) >= 11 is 0. The Labute approximate surface area is 127 Å². The van der Waals surface area contributed by atoms with E-state index in [1.807, 2.05) is 13.1 Å². The maximum absolute atomic E-state index is 4.71. The number of benzene rings is 1. The lowest BCUT2D eigenvalue weighted by Crippen LogP contribution is -2.15. The van der Waals surface area contributed by atoms with E-state index in [0.717, 1.165) is 29.7 Å². The lowest BCUT2D eigenvalue weighted by molar-refractivity contribution is 0.772. The van der Waals surface area contributed by atoms with Crippen molar-refractivity contribution >= 4 is 17.3 Å². The van der Waals surface area contributed by atoms with Gasteiger partial charge in [-0.25, -0.2) is 9.97 Å². The normalized spacial score (nSPS) is 10.8. The molecule has 2 rings (SSSR count). The maximum atomic E-state index is 4.71. The molecular weight excluding hydrogens is 260 g/mol. The number of hydrogen-bond acceptors (Lipinski definition) is 4. The third-order valence-corrected chi connectivity index (χ3v) is 3.42. The molecule has 1 N–H and O–H groups in total. The number of rotatable bonds is 5. The van der Waals surface area contributed by atoms with Gasteiger partial charge in [-0.2, -0.15) is 0 Å². The lowest BCUT2D eigenvalue weighted by Gasteiger charge is -2.22. The van der Waals surface area contributed by atoms with Gasteiger partial charge in [0.2, 0.25) is 0 Å². The first-order chi connectivity index (χ1) is 10.0. The van der Waals surface area contributed by atoms with Crippen molar-refractivity contribution in [2.24, 2.45) is 0 Å². The molecule has 0 amide bonds. The van der Waals surface area contributed by atoms with Crippen molar-refractivity contribution in [3.63, 3.8) is 0 Å². The highest BCUT2D eigenvalue weighted by Gasteiger charge is 2.13. The van der Waals surface area contributed by atoms with Gasteiger partial charge in [-0.15, -0.1) is 0 Å². The summed E-state index contributed by atoms with van der Waals surface area (Å²) in [4.78, 5) is 11.4. The van der Waals surface area contributed by atoms with Gasteiger partial charge in [0.15, 0.2) is 0 Å². The van der Waals surface area contributed by atoms with Crippen LogP contribution in [0.1, 0.15) is 38.1 Å². The van der Waals surface area contributed by atoms with Crippen LogP contribution in [-0.2, 0) is 0 Å². The predicted octanol–water partition coefficient (Wildman–Crippen LogP) is 4.11. The fourth-order valence-corrected chi connectivity index (χ4v) is 2.22. The summed E-state index contributed by atoms with van der Waals surface area (Å²) < 4.78 is 0. The average Bonchev–Trinajstić information content (AvgIpc) is 2.47. The number of aryl methyl sites for hydroxylation is 1. The Morgan fingerprint density at radius 2 is 1.90 bits per heavy atom. The molecule has 0 aliphatic carbocycles. The fraction of sp³-hybridized carbons (Fsp3) is 0.412. The maximum Gasteiger partial charge on any atom is 0.138 e. The highest BCUT2D eigenvalue weighted by Crippen LogP contribution is 2.27. The molecular formula is C17H24N4. The van der Waals surface area contributed by atoms with Crippen molar-refractivity contribution in [2.75, 3.05) is 23.8 Å². The zero-order valence-electron chi connectivity index (χ0n) is 13.5. The molecule has 0 aliphatic rings. The zero-order valence-corrected chi connectivity index (χ0v) is 13.5. The van der Waals surface area contributed by atoms with Gasteiger partial charge in [0.1, 0.15) is 17.5 Å². The van der Waals surface area contributed by atoms with Crippen LogP contribution < -0.4 is 10.2 Å². The molecule has 0 atom stereocenters. The minimum Gasteiger partial charge on any atom is -0.370 e. The summed E-state index contributed by atoms with van der Waals surface area (Å²) in [6.07, 6.45) is 0. The van der Waals surface area contributed by atoms with Crippen LogP contribution in [0.4, 0.5) is 17.3 Å². The Kier molecular flexibility index (Phi) is 4.78. The highest BCUT2D eigenvalue weighted by molar-refractivity contribution is 5.64. The molecule has 0 aliphatic heterocycles. The summed E-state index contributed by atoms with van der Waals surface area (Å²) in [5.74, 6) is 2.96. The van der Waals surface area contributed by atoms with Crippen molar-refractivity contribution in [2.45, 2.75) is 33.6 Å². The zero-order chi connectivity index (χ0) is 15.4. The quantitative estimate of drug-likeness (QED) is 0.897. The lowest BCUT2D eigenvalue weighted by atomic mass is 10.2. The number of nitrogens with zero attached hydrogens (tertiary/aromatic N) is 3. The third-order valence-electron chi connectivity index (χ3n) is 3.42. The Morgan fingerprint density at radius 1 is 1.19 bits per heavy atom. The molecule has 1 heterocycles. The van der Waals surface area contributed by atoms with Crippen molar-refractivity contribution in [3.8, 4) is 0 Å². The monoisotopic (exact) mass is 284 g/mol. The molecule has 2 aromatic rings. The number of hydrogen-bond donors (Lipinski definition) is 1. The van der Waals surface area contributed by atoms with Crippen LogP contribution in [0.3, 0.4) is 0 Å². The van der Waals surface area contributed by atoms with E-state index in [9.17, 15) is 0 Å². The van der Waals surface area contributed by atoms with Crippen molar-refractivity contribution in [1.29, 1.82) is 0 Å². The molecule has 1 aromatic carbocycles.